The summed E-state index contributed by atoms with van der Waals surface area (Å²) < 4.78 is 7.80. The zero-order chi connectivity index (χ0) is 18.2. The van der Waals surface area contributed by atoms with Crippen molar-refractivity contribution in [2.45, 2.75) is 70.3 Å². The molecule has 1 amide bonds. The van der Waals surface area contributed by atoms with Crippen molar-refractivity contribution >= 4 is 5.91 Å². The van der Waals surface area contributed by atoms with Crippen LogP contribution in [-0.4, -0.2) is 38.6 Å². The molecule has 6 heteroatoms. The Morgan fingerprint density at radius 3 is 2.89 bits per heavy atom. The molecule has 2 fully saturated rings. The summed E-state index contributed by atoms with van der Waals surface area (Å²) in [7, 11) is 0. The topological polar surface area (TPSA) is 64.2 Å². The lowest BCUT2D eigenvalue weighted by molar-refractivity contribution is 0.0691. The summed E-state index contributed by atoms with van der Waals surface area (Å²) in [5.74, 6) is 3.25. The number of amides is 1. The summed E-state index contributed by atoms with van der Waals surface area (Å²) in [6.07, 6.45) is 14.3. The minimum absolute atomic E-state index is 0.0451. The molecule has 5 rings (SSSR count). The van der Waals surface area contributed by atoms with Gasteiger partial charge in [-0.3, -0.25) is 4.79 Å². The number of piperidine rings is 1. The van der Waals surface area contributed by atoms with Crippen molar-refractivity contribution in [3.05, 3.63) is 35.2 Å². The highest BCUT2D eigenvalue weighted by atomic mass is 16.5. The second-order valence-corrected chi connectivity index (χ2v) is 8.47. The van der Waals surface area contributed by atoms with Gasteiger partial charge in [0.2, 0.25) is 0 Å². The molecule has 0 radical (unpaired) electrons. The predicted molar refractivity (Wildman–Crippen MR) is 101 cm³/mol. The number of fused-ring (bicyclic) bond motifs is 1. The van der Waals surface area contributed by atoms with E-state index in [1.54, 1.807) is 0 Å². The van der Waals surface area contributed by atoms with Crippen LogP contribution >= 0.6 is 0 Å². The number of imidazole rings is 1. The number of rotatable bonds is 4. The highest BCUT2D eigenvalue weighted by molar-refractivity contribution is 5.94. The Morgan fingerprint density at radius 1 is 1.15 bits per heavy atom. The Morgan fingerprint density at radius 2 is 2.04 bits per heavy atom. The molecular weight excluding hydrogens is 340 g/mol. The molecule has 2 aromatic heterocycles. The fourth-order valence-corrected chi connectivity index (χ4v) is 4.86. The normalized spacial score (nSPS) is 23.1. The maximum atomic E-state index is 13.1. The standard InChI is InChI=1S/C21H28N4O2/c26-21(19-17-8-1-2-9-18(17)27-23-19)25-11-4-7-16(14-25)20-22-10-12-24(20)13-15-5-3-6-15/h10,12,15-16H,1-9,11,13-14H2/t16-/m1/s1. The zero-order valence-corrected chi connectivity index (χ0v) is 15.9. The Bertz CT molecular complexity index is 820. The van der Waals surface area contributed by atoms with Crippen LogP contribution in [-0.2, 0) is 19.4 Å². The molecule has 2 aliphatic carbocycles. The zero-order valence-electron chi connectivity index (χ0n) is 15.9. The van der Waals surface area contributed by atoms with Gasteiger partial charge in [-0.05, 0) is 50.9 Å². The Kier molecular flexibility index (Phi) is 4.50. The van der Waals surface area contributed by atoms with Crippen LogP contribution < -0.4 is 0 Å². The highest BCUT2D eigenvalue weighted by Crippen LogP contribution is 2.32. The van der Waals surface area contributed by atoms with E-state index in [1.165, 1.54) is 19.3 Å². The molecule has 0 N–H and O–H groups in total. The first-order valence-corrected chi connectivity index (χ1v) is 10.6. The van der Waals surface area contributed by atoms with E-state index in [9.17, 15) is 4.79 Å². The van der Waals surface area contributed by atoms with Gasteiger partial charge in [0.1, 0.15) is 11.6 Å². The van der Waals surface area contributed by atoms with E-state index < -0.39 is 0 Å². The second-order valence-electron chi connectivity index (χ2n) is 8.47. The van der Waals surface area contributed by atoms with Gasteiger partial charge in [-0.1, -0.05) is 11.6 Å². The van der Waals surface area contributed by atoms with Gasteiger partial charge in [0.05, 0.1) is 0 Å². The van der Waals surface area contributed by atoms with E-state index in [4.69, 9.17) is 4.52 Å². The summed E-state index contributed by atoms with van der Waals surface area (Å²) >= 11 is 0. The van der Waals surface area contributed by atoms with E-state index in [-0.39, 0.29) is 5.91 Å². The number of carbonyl (C=O) groups is 1. The molecule has 3 aliphatic rings. The number of aryl methyl sites for hydroxylation is 1. The van der Waals surface area contributed by atoms with Crippen molar-refractivity contribution in [1.29, 1.82) is 0 Å². The molecule has 3 heterocycles. The second kappa shape index (κ2) is 7.13. The van der Waals surface area contributed by atoms with Crippen molar-refractivity contribution in [2.24, 2.45) is 5.92 Å². The minimum atomic E-state index is 0.0451. The third-order valence-corrected chi connectivity index (χ3v) is 6.65. The third-order valence-electron chi connectivity index (χ3n) is 6.65. The number of hydrogen-bond acceptors (Lipinski definition) is 4. The van der Waals surface area contributed by atoms with Crippen molar-refractivity contribution in [3.63, 3.8) is 0 Å². The van der Waals surface area contributed by atoms with Crippen LogP contribution in [0.4, 0.5) is 0 Å². The Hall–Kier alpha value is -2.11. The third kappa shape index (κ3) is 3.19. The van der Waals surface area contributed by atoms with Crippen LogP contribution in [0.2, 0.25) is 0 Å². The van der Waals surface area contributed by atoms with Gasteiger partial charge >= 0.3 is 0 Å². The van der Waals surface area contributed by atoms with Crippen molar-refractivity contribution < 1.29 is 9.32 Å². The lowest BCUT2D eigenvalue weighted by atomic mass is 9.85. The molecule has 27 heavy (non-hydrogen) atoms. The predicted octanol–water partition coefficient (Wildman–Crippen LogP) is 3.57. The lowest BCUT2D eigenvalue weighted by Gasteiger charge is -2.33. The molecule has 0 bridgehead atoms. The highest BCUT2D eigenvalue weighted by Gasteiger charge is 2.32. The molecule has 1 atom stereocenters. The van der Waals surface area contributed by atoms with Gasteiger partial charge in [-0.2, -0.15) is 0 Å². The van der Waals surface area contributed by atoms with E-state index in [0.717, 1.165) is 81.2 Å². The SMILES string of the molecule is O=C(c1noc2c1CCCC2)N1CCC[C@@H](c2nccn2CC2CCC2)C1. The number of aromatic nitrogens is 3. The Balaban J connectivity index is 1.32. The van der Waals surface area contributed by atoms with Crippen LogP contribution in [0.1, 0.15) is 78.5 Å². The van der Waals surface area contributed by atoms with Crippen LogP contribution in [0.5, 0.6) is 0 Å². The fourth-order valence-electron chi connectivity index (χ4n) is 4.86. The van der Waals surface area contributed by atoms with E-state index >= 15 is 0 Å². The molecule has 1 saturated carbocycles. The van der Waals surface area contributed by atoms with Gasteiger partial charge in [0, 0.05) is 49.9 Å². The molecule has 144 valence electrons. The monoisotopic (exact) mass is 368 g/mol. The first-order valence-electron chi connectivity index (χ1n) is 10.6. The van der Waals surface area contributed by atoms with E-state index in [0.29, 0.717) is 11.6 Å². The van der Waals surface area contributed by atoms with Gasteiger partial charge in [-0.25, -0.2) is 4.98 Å². The molecule has 1 aliphatic heterocycles. The maximum Gasteiger partial charge on any atom is 0.276 e. The van der Waals surface area contributed by atoms with Gasteiger partial charge in [0.15, 0.2) is 5.69 Å². The quantitative estimate of drug-likeness (QED) is 0.828. The molecular formula is C21H28N4O2. The summed E-state index contributed by atoms with van der Waals surface area (Å²) in [5.41, 5.74) is 1.61. The van der Waals surface area contributed by atoms with Gasteiger partial charge in [0.25, 0.3) is 5.91 Å². The molecule has 0 spiro atoms. The van der Waals surface area contributed by atoms with E-state index in [1.807, 2.05) is 11.1 Å². The average molecular weight is 368 g/mol. The summed E-state index contributed by atoms with van der Waals surface area (Å²) in [4.78, 5) is 19.8. The van der Waals surface area contributed by atoms with Crippen LogP contribution in [0.3, 0.4) is 0 Å². The number of hydrogen-bond donors (Lipinski definition) is 0. The summed E-state index contributed by atoms with van der Waals surface area (Å²) in [6, 6.07) is 0. The number of carbonyl (C=O) groups excluding carboxylic acids is 1. The Labute approximate surface area is 159 Å². The molecule has 0 unspecified atom stereocenters. The van der Waals surface area contributed by atoms with Gasteiger partial charge < -0.3 is 14.0 Å². The minimum Gasteiger partial charge on any atom is -0.360 e. The van der Waals surface area contributed by atoms with Crippen molar-refractivity contribution in [2.75, 3.05) is 13.1 Å². The van der Waals surface area contributed by atoms with Crippen LogP contribution in [0.25, 0.3) is 0 Å². The first-order chi connectivity index (χ1) is 13.3. The smallest absolute Gasteiger partial charge is 0.276 e. The largest absolute Gasteiger partial charge is 0.360 e. The number of nitrogens with zero attached hydrogens (tertiary/aromatic N) is 4. The average Bonchev–Trinajstić information content (AvgIpc) is 3.31. The van der Waals surface area contributed by atoms with Crippen molar-refractivity contribution in [1.82, 2.24) is 19.6 Å². The molecule has 2 aromatic rings. The number of likely N-dealkylation sites (tertiary alicyclic amines) is 1. The van der Waals surface area contributed by atoms with Crippen LogP contribution in [0.15, 0.2) is 16.9 Å². The van der Waals surface area contributed by atoms with Crippen LogP contribution in [0, 0.1) is 5.92 Å². The lowest BCUT2D eigenvalue weighted by Crippen LogP contribution is -2.40. The first kappa shape index (κ1) is 17.0. The maximum absolute atomic E-state index is 13.1. The molecule has 1 saturated heterocycles. The molecule has 0 aromatic carbocycles. The van der Waals surface area contributed by atoms with E-state index in [2.05, 4.69) is 20.9 Å². The van der Waals surface area contributed by atoms with Crippen molar-refractivity contribution in [3.8, 4) is 0 Å². The summed E-state index contributed by atoms with van der Waals surface area (Å²) in [5, 5.41) is 4.15. The fraction of sp³-hybridized carbons (Fsp3) is 0.667. The van der Waals surface area contributed by atoms with Gasteiger partial charge in [-0.15, -0.1) is 0 Å². The summed E-state index contributed by atoms with van der Waals surface area (Å²) in [6.45, 7) is 2.62. The molecule has 6 nitrogen and oxygen atoms in total.